The van der Waals surface area contributed by atoms with E-state index in [1.807, 2.05) is 0 Å². The molecule has 2 aliphatic rings. The molecule has 86 valence electrons. The third kappa shape index (κ3) is 1.77. The number of carboxylic acid groups (broad SMARTS) is 1. The first kappa shape index (κ1) is 11.3. The fraction of sp³-hybridized carbons (Fsp3) is 0.222. The van der Waals surface area contributed by atoms with E-state index in [0.29, 0.717) is 5.03 Å². The summed E-state index contributed by atoms with van der Waals surface area (Å²) in [4.78, 5) is 10.7. The number of hydrogen-bond donors (Lipinski definition) is 3. The molecule has 1 heterocycles. The van der Waals surface area contributed by atoms with E-state index < -0.39 is 33.9 Å². The zero-order chi connectivity index (χ0) is 11.9. The lowest BCUT2D eigenvalue weighted by Gasteiger charge is -2.41. The predicted octanol–water partition coefficient (Wildman–Crippen LogP) is -1.88. The second kappa shape index (κ2) is 4.00. The van der Waals surface area contributed by atoms with Gasteiger partial charge in [-0.3, -0.25) is 0 Å². The first-order valence-electron chi connectivity index (χ1n) is 4.59. The molecule has 0 spiro atoms. The lowest BCUT2D eigenvalue weighted by atomic mass is 10.00. The molecule has 1 aliphatic heterocycles. The number of carboxylic acids is 1. The highest BCUT2D eigenvalue weighted by molar-refractivity contribution is 6.31. The van der Waals surface area contributed by atoms with Crippen LogP contribution < -0.4 is 10.1 Å². The van der Waals surface area contributed by atoms with Gasteiger partial charge in [0, 0.05) is 5.03 Å². The number of carbonyl (C=O) groups is 1. The van der Waals surface area contributed by atoms with E-state index in [1.165, 1.54) is 18.2 Å². The van der Waals surface area contributed by atoms with E-state index in [-0.39, 0.29) is 0 Å². The van der Waals surface area contributed by atoms with Crippen LogP contribution >= 0.6 is 11.6 Å². The van der Waals surface area contributed by atoms with E-state index in [4.69, 9.17) is 16.7 Å². The highest BCUT2D eigenvalue weighted by Gasteiger charge is 2.39. The van der Waals surface area contributed by atoms with Gasteiger partial charge in [0.25, 0.3) is 5.70 Å². The molecule has 0 saturated heterocycles. The summed E-state index contributed by atoms with van der Waals surface area (Å²) >= 11 is 5.72. The van der Waals surface area contributed by atoms with Crippen molar-refractivity contribution < 1.29 is 20.0 Å². The van der Waals surface area contributed by atoms with Crippen LogP contribution in [-0.2, 0) is 4.79 Å². The van der Waals surface area contributed by atoms with Crippen molar-refractivity contribution in [3.8, 4) is 0 Å². The van der Waals surface area contributed by atoms with E-state index in [0.717, 1.165) is 6.20 Å². The fourth-order valence-electron chi connectivity index (χ4n) is 1.81. The summed E-state index contributed by atoms with van der Waals surface area (Å²) in [5, 5.41) is 31.5. The maximum Gasteiger partial charge on any atom is 0.396 e. The van der Waals surface area contributed by atoms with Gasteiger partial charge < -0.3 is 25.6 Å². The summed E-state index contributed by atoms with van der Waals surface area (Å²) in [6.45, 7) is 0. The van der Waals surface area contributed by atoms with Crippen LogP contribution in [0, 0.1) is 10.4 Å². The Morgan fingerprint density at radius 2 is 2.12 bits per heavy atom. The van der Waals surface area contributed by atoms with Crippen LogP contribution in [0.15, 0.2) is 35.2 Å². The Bertz CT molecular complexity index is 418. The SMILES string of the molecule is O=C(O)C1=C[NH+]([O-])C2C=C(Cl)C=CC2[NH+]1[O-]. The number of halogens is 1. The van der Waals surface area contributed by atoms with Gasteiger partial charge in [-0.15, -0.1) is 0 Å². The molecule has 0 fully saturated rings. The standard InChI is InChI=1S/C9H9ClN2O4/c10-5-1-2-6-7(3-5)11(15)4-8(9(13)14)12(6)16/h1-4,6-7,11-12H,(H,13,14). The topological polar surface area (TPSA) is 92.3 Å². The quantitative estimate of drug-likeness (QED) is 0.471. The summed E-state index contributed by atoms with van der Waals surface area (Å²) in [6.07, 6.45) is 5.33. The Hall–Kier alpha value is -1.18. The number of allylic oxidation sites excluding steroid dienone is 2. The minimum absolute atomic E-state index is 0.384. The van der Waals surface area contributed by atoms with Gasteiger partial charge in [-0.05, 0) is 18.2 Å². The lowest BCUT2D eigenvalue weighted by Crippen LogP contribution is -3.24. The smallest absolute Gasteiger partial charge is 0.396 e. The third-order valence-corrected chi connectivity index (χ3v) is 2.85. The van der Waals surface area contributed by atoms with Gasteiger partial charge >= 0.3 is 5.97 Å². The van der Waals surface area contributed by atoms with Crippen LogP contribution in [0.4, 0.5) is 0 Å². The minimum Gasteiger partial charge on any atom is -0.629 e. The van der Waals surface area contributed by atoms with Crippen LogP contribution in [-0.4, -0.2) is 23.2 Å². The summed E-state index contributed by atoms with van der Waals surface area (Å²) in [5.41, 5.74) is -0.456. The molecule has 2 rings (SSSR count). The summed E-state index contributed by atoms with van der Waals surface area (Å²) < 4.78 is 0. The molecule has 16 heavy (non-hydrogen) atoms. The van der Waals surface area contributed by atoms with Gasteiger partial charge in [-0.25, -0.2) is 4.79 Å². The predicted molar refractivity (Wildman–Crippen MR) is 55.0 cm³/mol. The number of hydroxylamine groups is 4. The summed E-state index contributed by atoms with van der Waals surface area (Å²) in [7, 11) is 0. The second-order valence-corrected chi connectivity index (χ2v) is 4.03. The zero-order valence-electron chi connectivity index (χ0n) is 8.01. The minimum atomic E-state index is -1.37. The normalized spacial score (nSPS) is 37.4. The molecular weight excluding hydrogens is 236 g/mol. The molecule has 0 saturated carbocycles. The second-order valence-electron chi connectivity index (χ2n) is 3.59. The van der Waals surface area contributed by atoms with Crippen molar-refractivity contribution in [3.63, 3.8) is 0 Å². The zero-order valence-corrected chi connectivity index (χ0v) is 8.77. The molecule has 0 aromatic rings. The monoisotopic (exact) mass is 244 g/mol. The Morgan fingerprint density at radius 1 is 1.44 bits per heavy atom. The Balaban J connectivity index is 2.38. The van der Waals surface area contributed by atoms with Gasteiger partial charge in [-0.1, -0.05) is 11.6 Å². The van der Waals surface area contributed by atoms with Gasteiger partial charge in [0.05, 0.1) is 0 Å². The highest BCUT2D eigenvalue weighted by Crippen LogP contribution is 2.13. The Labute approximate surface area is 95.9 Å². The summed E-state index contributed by atoms with van der Waals surface area (Å²) in [6, 6.07) is -1.39. The molecule has 0 aromatic carbocycles. The lowest BCUT2D eigenvalue weighted by molar-refractivity contribution is -0.922. The first-order valence-corrected chi connectivity index (χ1v) is 4.97. The molecule has 3 N–H and O–H groups in total. The van der Waals surface area contributed by atoms with Crippen molar-refractivity contribution in [2.24, 2.45) is 0 Å². The first-order chi connectivity index (χ1) is 7.50. The number of fused-ring (bicyclic) bond motifs is 1. The van der Waals surface area contributed by atoms with Gasteiger partial charge in [0.1, 0.15) is 0 Å². The van der Waals surface area contributed by atoms with E-state index in [1.54, 1.807) is 0 Å². The molecule has 4 unspecified atom stereocenters. The van der Waals surface area contributed by atoms with Crippen molar-refractivity contribution in [3.05, 3.63) is 45.6 Å². The third-order valence-electron chi connectivity index (χ3n) is 2.60. The molecule has 0 amide bonds. The van der Waals surface area contributed by atoms with E-state index in [2.05, 4.69) is 0 Å². The number of rotatable bonds is 1. The number of aliphatic carboxylic acids is 1. The van der Waals surface area contributed by atoms with Crippen molar-refractivity contribution >= 4 is 17.6 Å². The van der Waals surface area contributed by atoms with Crippen LogP contribution in [0.1, 0.15) is 0 Å². The molecule has 0 radical (unpaired) electrons. The van der Waals surface area contributed by atoms with Crippen LogP contribution in [0.5, 0.6) is 0 Å². The Kier molecular flexibility index (Phi) is 2.83. The maximum atomic E-state index is 11.7. The van der Waals surface area contributed by atoms with Crippen LogP contribution in [0.2, 0.25) is 0 Å². The largest absolute Gasteiger partial charge is 0.629 e. The van der Waals surface area contributed by atoms with Crippen molar-refractivity contribution in [1.29, 1.82) is 0 Å². The van der Waals surface area contributed by atoms with Crippen LogP contribution in [0.25, 0.3) is 0 Å². The highest BCUT2D eigenvalue weighted by atomic mass is 35.5. The van der Waals surface area contributed by atoms with Gasteiger partial charge in [0.15, 0.2) is 18.3 Å². The number of nitrogens with one attached hydrogen (secondary N) is 2. The van der Waals surface area contributed by atoms with Crippen molar-refractivity contribution in [1.82, 2.24) is 0 Å². The number of quaternary nitrogens is 2. The van der Waals surface area contributed by atoms with Crippen molar-refractivity contribution in [2.75, 3.05) is 0 Å². The van der Waals surface area contributed by atoms with E-state index >= 15 is 0 Å². The van der Waals surface area contributed by atoms with Gasteiger partial charge in [0.2, 0.25) is 0 Å². The van der Waals surface area contributed by atoms with Gasteiger partial charge in [-0.2, -0.15) is 0 Å². The maximum absolute atomic E-state index is 11.7. The Morgan fingerprint density at radius 3 is 2.75 bits per heavy atom. The molecule has 0 aromatic heterocycles. The fourth-order valence-corrected chi connectivity index (χ4v) is 2.02. The van der Waals surface area contributed by atoms with Crippen LogP contribution in [0.3, 0.4) is 0 Å². The molecular formula is C9H9ClN2O4. The van der Waals surface area contributed by atoms with Crippen molar-refractivity contribution in [2.45, 2.75) is 12.1 Å². The average Bonchev–Trinajstić information content (AvgIpc) is 2.22. The molecule has 0 bridgehead atoms. The molecule has 1 aliphatic carbocycles. The number of hydrogen-bond acceptors (Lipinski definition) is 3. The average molecular weight is 245 g/mol. The van der Waals surface area contributed by atoms with E-state index in [9.17, 15) is 15.2 Å². The molecule has 6 nitrogen and oxygen atoms in total. The molecule has 4 atom stereocenters. The molecule has 7 heteroatoms. The summed E-state index contributed by atoms with van der Waals surface area (Å²) in [5.74, 6) is -1.37.